The molecule has 1 heterocycles. The first-order valence-electron chi connectivity index (χ1n) is 4.40. The Kier molecular flexibility index (Phi) is 1.73. The van der Waals surface area contributed by atoms with E-state index in [4.69, 9.17) is 0 Å². The fourth-order valence-electron chi connectivity index (χ4n) is 1.95. The van der Waals surface area contributed by atoms with Gasteiger partial charge in [-0.05, 0) is 24.8 Å². The normalized spacial score (nSPS) is 40.1. The highest BCUT2D eigenvalue weighted by atomic mass is 14.9. The van der Waals surface area contributed by atoms with Gasteiger partial charge in [-0.1, -0.05) is 25.6 Å². The van der Waals surface area contributed by atoms with Gasteiger partial charge in [0.2, 0.25) is 0 Å². The summed E-state index contributed by atoms with van der Waals surface area (Å²) in [5.41, 5.74) is 0. The molecule has 0 amide bonds. The van der Waals surface area contributed by atoms with Gasteiger partial charge in [-0.25, -0.2) is 0 Å². The second kappa shape index (κ2) is 2.57. The van der Waals surface area contributed by atoms with Crippen LogP contribution >= 0.6 is 0 Å². The van der Waals surface area contributed by atoms with Crippen molar-refractivity contribution in [2.75, 3.05) is 13.1 Å². The van der Waals surface area contributed by atoms with E-state index >= 15 is 0 Å². The molecule has 0 bridgehead atoms. The van der Waals surface area contributed by atoms with Crippen molar-refractivity contribution in [1.29, 1.82) is 0 Å². The highest BCUT2D eigenvalue weighted by Crippen LogP contribution is 2.39. The van der Waals surface area contributed by atoms with Crippen LogP contribution in [0.4, 0.5) is 0 Å². The van der Waals surface area contributed by atoms with Crippen molar-refractivity contribution < 1.29 is 0 Å². The summed E-state index contributed by atoms with van der Waals surface area (Å²) in [6.07, 6.45) is 2.91. The fourth-order valence-corrected chi connectivity index (χ4v) is 1.95. The molecule has 1 saturated carbocycles. The summed E-state index contributed by atoms with van der Waals surface area (Å²) in [4.78, 5) is 0. The third kappa shape index (κ3) is 1.22. The Bertz CT molecular complexity index is 116. The van der Waals surface area contributed by atoms with Gasteiger partial charge < -0.3 is 5.32 Å². The predicted octanol–water partition coefficient (Wildman–Crippen LogP) is 1.30. The molecule has 2 rings (SSSR count). The van der Waals surface area contributed by atoms with Crippen LogP contribution in [0.3, 0.4) is 0 Å². The molecular formula is C8H15BN. The molecule has 55 valence electrons. The number of rotatable bonds is 2. The predicted molar refractivity (Wildman–Crippen MR) is 44.5 cm³/mol. The fraction of sp³-hybridized carbons (Fsp3) is 1.00. The summed E-state index contributed by atoms with van der Waals surface area (Å²) in [5.74, 6) is 2.90. The molecule has 0 unspecified atom stereocenters. The van der Waals surface area contributed by atoms with Gasteiger partial charge in [-0.15, -0.1) is 0 Å². The standard InChI is InChI=1S/C8H15BN/c1-6-2-7(3-6)9-8-4-10-5-8/h6-8,10H,2-5H2,1H3. The van der Waals surface area contributed by atoms with Gasteiger partial charge in [0.1, 0.15) is 7.28 Å². The van der Waals surface area contributed by atoms with Gasteiger partial charge in [0.05, 0.1) is 0 Å². The van der Waals surface area contributed by atoms with E-state index in [-0.39, 0.29) is 0 Å². The summed E-state index contributed by atoms with van der Waals surface area (Å²) < 4.78 is 0. The quantitative estimate of drug-likeness (QED) is 0.564. The van der Waals surface area contributed by atoms with Crippen LogP contribution < -0.4 is 5.32 Å². The topological polar surface area (TPSA) is 12.0 Å². The zero-order chi connectivity index (χ0) is 6.97. The van der Waals surface area contributed by atoms with Crippen LogP contribution in [0.1, 0.15) is 19.8 Å². The summed E-state index contributed by atoms with van der Waals surface area (Å²) in [6.45, 7) is 4.83. The molecule has 0 aromatic heterocycles. The molecule has 1 aliphatic heterocycles. The van der Waals surface area contributed by atoms with Crippen LogP contribution in [0.25, 0.3) is 0 Å². The maximum atomic E-state index is 3.29. The van der Waals surface area contributed by atoms with Gasteiger partial charge in [-0.3, -0.25) is 0 Å². The van der Waals surface area contributed by atoms with Crippen molar-refractivity contribution in [2.45, 2.75) is 31.4 Å². The maximum Gasteiger partial charge on any atom is 0.121 e. The van der Waals surface area contributed by atoms with E-state index in [0.29, 0.717) is 0 Å². The third-order valence-electron chi connectivity index (χ3n) is 2.77. The SMILES string of the molecule is CC1CC([B]C2CNC2)C1. The minimum absolute atomic E-state index is 0.914. The van der Waals surface area contributed by atoms with E-state index in [9.17, 15) is 0 Å². The lowest BCUT2D eigenvalue weighted by Crippen LogP contribution is -2.43. The van der Waals surface area contributed by atoms with E-state index < -0.39 is 0 Å². The van der Waals surface area contributed by atoms with Crippen molar-refractivity contribution in [3.8, 4) is 0 Å². The van der Waals surface area contributed by atoms with Crippen molar-refractivity contribution in [3.05, 3.63) is 0 Å². The van der Waals surface area contributed by atoms with E-state index in [1.807, 2.05) is 0 Å². The highest BCUT2D eigenvalue weighted by molar-refractivity contribution is 6.40. The van der Waals surface area contributed by atoms with Crippen LogP contribution in [0, 0.1) is 5.92 Å². The molecular weight excluding hydrogens is 121 g/mol. The number of hydrogen-bond acceptors (Lipinski definition) is 1. The third-order valence-corrected chi connectivity index (χ3v) is 2.77. The molecule has 1 saturated heterocycles. The first-order valence-corrected chi connectivity index (χ1v) is 4.40. The average Bonchev–Trinajstić information content (AvgIpc) is 1.72. The van der Waals surface area contributed by atoms with Gasteiger partial charge >= 0.3 is 0 Å². The second-order valence-corrected chi connectivity index (χ2v) is 3.95. The number of nitrogens with one attached hydrogen (secondary N) is 1. The summed E-state index contributed by atoms with van der Waals surface area (Å²) in [7, 11) is 2.57. The van der Waals surface area contributed by atoms with Crippen LogP contribution in [-0.4, -0.2) is 20.4 Å². The molecule has 0 aromatic rings. The van der Waals surface area contributed by atoms with Crippen molar-refractivity contribution in [3.63, 3.8) is 0 Å². The van der Waals surface area contributed by atoms with E-state index in [0.717, 1.165) is 17.6 Å². The zero-order valence-electron chi connectivity index (χ0n) is 6.64. The Morgan fingerprint density at radius 1 is 1.20 bits per heavy atom. The molecule has 2 heteroatoms. The molecule has 0 aromatic carbocycles. The van der Waals surface area contributed by atoms with Gasteiger partial charge in [0, 0.05) is 0 Å². The molecule has 0 spiro atoms. The first-order chi connectivity index (χ1) is 4.84. The van der Waals surface area contributed by atoms with E-state index in [1.54, 1.807) is 0 Å². The van der Waals surface area contributed by atoms with Gasteiger partial charge in [0.25, 0.3) is 0 Å². The zero-order valence-corrected chi connectivity index (χ0v) is 6.64. The lowest BCUT2D eigenvalue weighted by molar-refractivity contribution is 0.338. The van der Waals surface area contributed by atoms with Crippen molar-refractivity contribution >= 4 is 7.28 Å². The van der Waals surface area contributed by atoms with Crippen LogP contribution in [-0.2, 0) is 0 Å². The minimum atomic E-state index is 0.914. The Morgan fingerprint density at radius 2 is 1.90 bits per heavy atom. The minimum Gasteiger partial charge on any atom is -0.318 e. The van der Waals surface area contributed by atoms with Crippen LogP contribution in [0.15, 0.2) is 0 Å². The molecule has 1 radical (unpaired) electrons. The van der Waals surface area contributed by atoms with Crippen molar-refractivity contribution in [2.24, 2.45) is 5.92 Å². The van der Waals surface area contributed by atoms with Crippen LogP contribution in [0.5, 0.6) is 0 Å². The lowest BCUT2D eigenvalue weighted by Gasteiger charge is -2.37. The maximum absolute atomic E-state index is 3.29. The molecule has 2 fully saturated rings. The Hall–Kier alpha value is 0.0249. The van der Waals surface area contributed by atoms with Gasteiger partial charge in [0.15, 0.2) is 0 Å². The van der Waals surface area contributed by atoms with Crippen LogP contribution in [0.2, 0.25) is 11.6 Å². The summed E-state index contributed by atoms with van der Waals surface area (Å²) in [5, 5.41) is 3.29. The summed E-state index contributed by atoms with van der Waals surface area (Å²) in [6, 6.07) is 0. The Balaban J connectivity index is 1.62. The molecule has 1 nitrogen and oxygen atoms in total. The molecule has 2 aliphatic rings. The summed E-state index contributed by atoms with van der Waals surface area (Å²) >= 11 is 0. The van der Waals surface area contributed by atoms with E-state index in [1.165, 1.54) is 25.9 Å². The number of hydrogen-bond donors (Lipinski definition) is 1. The lowest BCUT2D eigenvalue weighted by atomic mass is 9.45. The monoisotopic (exact) mass is 136 g/mol. The smallest absolute Gasteiger partial charge is 0.121 e. The largest absolute Gasteiger partial charge is 0.318 e. The van der Waals surface area contributed by atoms with E-state index in [2.05, 4.69) is 19.5 Å². The second-order valence-electron chi connectivity index (χ2n) is 3.95. The molecule has 0 atom stereocenters. The molecule has 10 heavy (non-hydrogen) atoms. The molecule has 1 N–H and O–H groups in total. The Labute approximate surface area is 63.8 Å². The highest BCUT2D eigenvalue weighted by Gasteiger charge is 2.30. The van der Waals surface area contributed by atoms with Crippen molar-refractivity contribution in [1.82, 2.24) is 5.32 Å². The van der Waals surface area contributed by atoms with Gasteiger partial charge in [-0.2, -0.15) is 0 Å². The Morgan fingerprint density at radius 3 is 2.30 bits per heavy atom. The molecule has 1 aliphatic carbocycles. The first kappa shape index (κ1) is 6.72. The average molecular weight is 136 g/mol.